The van der Waals surface area contributed by atoms with Crippen molar-refractivity contribution in [3.63, 3.8) is 0 Å². The summed E-state index contributed by atoms with van der Waals surface area (Å²) in [6.07, 6.45) is -23.3. The van der Waals surface area contributed by atoms with Crippen LogP contribution in [0.5, 0.6) is 0 Å². The molecule has 69 heavy (non-hydrogen) atoms. The van der Waals surface area contributed by atoms with Gasteiger partial charge in [0, 0.05) is 46.8 Å². The molecule has 0 amide bonds. The Balaban J connectivity index is 0.00000221. The summed E-state index contributed by atoms with van der Waals surface area (Å²) >= 11 is 0. The second-order valence-electron chi connectivity index (χ2n) is 16.2. The van der Waals surface area contributed by atoms with Crippen molar-refractivity contribution in [1.82, 2.24) is 15.0 Å². The molecule has 0 saturated carbocycles. The lowest BCUT2D eigenvalue weighted by molar-refractivity contribution is -0.351. The van der Waals surface area contributed by atoms with Crippen molar-refractivity contribution in [2.24, 2.45) is 0 Å². The molecule has 0 spiro atoms. The average Bonchev–Trinajstić information content (AvgIpc) is 3.83. The summed E-state index contributed by atoms with van der Waals surface area (Å²) in [4.78, 5) is 0. The van der Waals surface area contributed by atoms with E-state index in [1.165, 1.54) is 20.6 Å². The maximum Gasteiger partial charge on any atom is 0.186 e. The van der Waals surface area contributed by atoms with E-state index in [9.17, 15) is 46.0 Å². The summed E-state index contributed by atoms with van der Waals surface area (Å²) in [5.41, 5.74) is 0.728. The van der Waals surface area contributed by atoms with E-state index in [1.54, 1.807) is 17.8 Å². The predicted molar refractivity (Wildman–Crippen MR) is 243 cm³/mol. The van der Waals surface area contributed by atoms with Crippen molar-refractivity contribution in [1.29, 1.82) is 0 Å². The maximum absolute atomic E-state index is 11.5. The van der Waals surface area contributed by atoms with Crippen molar-refractivity contribution in [2.75, 3.05) is 60.5 Å². The van der Waals surface area contributed by atoms with E-state index in [0.717, 1.165) is 5.69 Å². The highest BCUT2D eigenvalue weighted by Crippen LogP contribution is 2.31. The van der Waals surface area contributed by atoms with Crippen molar-refractivity contribution in [2.45, 2.75) is 217 Å². The Kier molecular flexibility index (Phi) is 31.2. The van der Waals surface area contributed by atoms with Gasteiger partial charge in [-0.1, -0.05) is 60.1 Å². The van der Waals surface area contributed by atoms with Crippen LogP contribution in [0.2, 0.25) is 0 Å². The first-order chi connectivity index (χ1) is 33.2. The molecule has 1 aromatic rings. The molecular weight excluding hydrogens is 918 g/mol. The Morgan fingerprint density at radius 2 is 0.928 bits per heavy atom. The number of aliphatic hydroxyl groups is 9. The standard InChI is InChI=1S/C38H67N3O21.C3H8.2C2H6/c1-6-11-54-33-21(61-37(30(49)26(33)45)57-15-20-32(53-8-3)25(44)29(48)35(52-5)60-20)16-58-38-31(50)27(46)34(55-12-9-10-18-13-41(7-2)40-39-18)22(62-38)17-56-36-28(47)24(43)23(42)19(59-36)14-51-4;1-3-2;2*1-2/h13,19-38,42-50H,6-12,14-17H2,1-5H3;3H2,1-2H3;2*1-2H3/t19-,20-,21-,22-,23-,24+,25-,26-,27-,28-,29-,30-,31-,32-,33-,34-,35+,36+,37+,38+;;;/m1.../s1. The SMILES string of the molecule is CC.CC.CCC.CCCO[C@H]1[C@H](O)[C@@H](O)[C@@H](OC[C@H]2O[C@H](OC)[C@H](O)[C@@H](O)[C@@H]2OCC)O[C@@H]1CO[C@H]1O[C@H](CO[C@H]2O[C@H](COC)[C@@H](O)[C@H](O)[C@H]2O)[C@@H](OCCCc2cn(CC)nn2)[C@H](O)[C@H]1O. The maximum atomic E-state index is 11.5. The van der Waals surface area contributed by atoms with Gasteiger partial charge in [0.05, 0.1) is 32.1 Å². The molecule has 5 heterocycles. The molecule has 408 valence electrons. The first kappa shape index (κ1) is 63.4. The van der Waals surface area contributed by atoms with Gasteiger partial charge in [0.15, 0.2) is 25.2 Å². The molecule has 0 bridgehead atoms. The number of aliphatic hydroxyl groups excluding tert-OH is 9. The van der Waals surface area contributed by atoms with E-state index in [2.05, 4.69) is 24.2 Å². The second-order valence-corrected chi connectivity index (χ2v) is 16.2. The molecule has 0 aliphatic carbocycles. The molecule has 24 nitrogen and oxygen atoms in total. The molecule has 24 heteroatoms. The van der Waals surface area contributed by atoms with Crippen LogP contribution in [-0.2, 0) is 69.8 Å². The fourth-order valence-corrected chi connectivity index (χ4v) is 7.66. The van der Waals surface area contributed by atoms with Crippen molar-refractivity contribution < 1.29 is 103 Å². The topological polar surface area (TPSA) is 324 Å². The number of nitrogens with zero attached hydrogens (tertiary/aromatic N) is 3. The van der Waals surface area contributed by atoms with Crippen LogP contribution in [0.15, 0.2) is 6.20 Å². The van der Waals surface area contributed by atoms with Crippen LogP contribution in [0.4, 0.5) is 0 Å². The van der Waals surface area contributed by atoms with Crippen LogP contribution >= 0.6 is 0 Å². The summed E-state index contributed by atoms with van der Waals surface area (Å²) in [6.45, 7) is 17.4. The molecular formula is C45H87N3O21. The number of aryl methyl sites for hydroxylation is 2. The van der Waals surface area contributed by atoms with E-state index in [4.69, 9.17) is 56.8 Å². The van der Waals surface area contributed by atoms with E-state index in [0.29, 0.717) is 25.8 Å². The molecule has 9 N–H and O–H groups in total. The van der Waals surface area contributed by atoms with Crippen LogP contribution in [0.3, 0.4) is 0 Å². The fraction of sp³-hybridized carbons (Fsp3) is 0.956. The molecule has 20 atom stereocenters. The Bertz CT molecular complexity index is 1440. The van der Waals surface area contributed by atoms with Crippen LogP contribution in [-0.4, -0.2) is 244 Å². The Hall–Kier alpha value is -1.70. The van der Waals surface area contributed by atoms with Crippen molar-refractivity contribution in [3.05, 3.63) is 11.9 Å². The number of rotatable bonds is 23. The summed E-state index contributed by atoms with van der Waals surface area (Å²) in [6, 6.07) is 0. The van der Waals surface area contributed by atoms with Crippen LogP contribution in [0.25, 0.3) is 0 Å². The molecule has 4 saturated heterocycles. The normalized spacial score (nSPS) is 37.9. The molecule has 1 aromatic heterocycles. The van der Waals surface area contributed by atoms with Gasteiger partial charge in [-0.3, -0.25) is 4.68 Å². The summed E-state index contributed by atoms with van der Waals surface area (Å²) in [5, 5.41) is 106. The summed E-state index contributed by atoms with van der Waals surface area (Å²) in [5.74, 6) is 0. The predicted octanol–water partition coefficient (Wildman–Crippen LogP) is -1.22. The molecule has 0 unspecified atom stereocenters. The number of methoxy groups -OCH3 is 2. The van der Waals surface area contributed by atoms with Gasteiger partial charge in [-0.15, -0.1) is 5.10 Å². The molecule has 4 aliphatic rings. The third-order valence-electron chi connectivity index (χ3n) is 11.1. The molecule has 4 fully saturated rings. The quantitative estimate of drug-likeness (QED) is 0.0580. The van der Waals surface area contributed by atoms with E-state index in [1.807, 2.05) is 41.5 Å². The Morgan fingerprint density at radius 1 is 0.507 bits per heavy atom. The zero-order valence-electron chi connectivity index (χ0n) is 42.4. The van der Waals surface area contributed by atoms with Gasteiger partial charge in [-0.05, 0) is 33.1 Å². The first-order valence-corrected chi connectivity index (χ1v) is 24.5. The van der Waals surface area contributed by atoms with Gasteiger partial charge >= 0.3 is 0 Å². The van der Waals surface area contributed by atoms with E-state index >= 15 is 0 Å². The zero-order chi connectivity index (χ0) is 51.8. The van der Waals surface area contributed by atoms with Crippen LogP contribution in [0, 0.1) is 0 Å². The van der Waals surface area contributed by atoms with Gasteiger partial charge in [0.2, 0.25) is 0 Å². The zero-order valence-corrected chi connectivity index (χ0v) is 42.4. The van der Waals surface area contributed by atoms with Gasteiger partial charge in [-0.25, -0.2) is 0 Å². The Labute approximate surface area is 406 Å². The number of hydrogen-bond acceptors (Lipinski definition) is 23. The highest BCUT2D eigenvalue weighted by molar-refractivity contribution is 4.96. The third-order valence-corrected chi connectivity index (χ3v) is 11.1. The lowest BCUT2D eigenvalue weighted by Crippen LogP contribution is -2.64. The van der Waals surface area contributed by atoms with Gasteiger partial charge in [0.25, 0.3) is 0 Å². The highest BCUT2D eigenvalue weighted by Gasteiger charge is 2.52. The van der Waals surface area contributed by atoms with Gasteiger partial charge in [-0.2, -0.15) is 0 Å². The summed E-state index contributed by atoms with van der Waals surface area (Å²) in [7, 11) is 2.65. The third kappa shape index (κ3) is 18.0. The average molecular weight is 1010 g/mol. The van der Waals surface area contributed by atoms with Gasteiger partial charge in [0.1, 0.15) is 97.7 Å². The summed E-state index contributed by atoms with van der Waals surface area (Å²) < 4.78 is 70.9. The monoisotopic (exact) mass is 1010 g/mol. The minimum atomic E-state index is -1.71. The van der Waals surface area contributed by atoms with E-state index in [-0.39, 0.29) is 33.0 Å². The first-order valence-electron chi connectivity index (χ1n) is 24.5. The molecule has 0 aromatic carbocycles. The minimum Gasteiger partial charge on any atom is -0.387 e. The molecule has 5 rings (SSSR count). The largest absolute Gasteiger partial charge is 0.387 e. The highest BCUT2D eigenvalue weighted by atomic mass is 16.8. The minimum absolute atomic E-state index is 0.0824. The number of hydrogen-bond donors (Lipinski definition) is 9. The van der Waals surface area contributed by atoms with Crippen molar-refractivity contribution in [3.8, 4) is 0 Å². The lowest BCUT2D eigenvalue weighted by atomic mass is 9.97. The smallest absolute Gasteiger partial charge is 0.186 e. The molecule has 0 radical (unpaired) electrons. The number of aromatic nitrogens is 3. The lowest BCUT2D eigenvalue weighted by Gasteiger charge is -2.46. The van der Waals surface area contributed by atoms with Crippen molar-refractivity contribution >= 4 is 0 Å². The van der Waals surface area contributed by atoms with Gasteiger partial charge < -0.3 is 103 Å². The second kappa shape index (κ2) is 33.9. The Morgan fingerprint density at radius 3 is 1.35 bits per heavy atom. The van der Waals surface area contributed by atoms with E-state index < -0.39 is 136 Å². The fourth-order valence-electron chi connectivity index (χ4n) is 7.66. The van der Waals surface area contributed by atoms with Crippen LogP contribution < -0.4 is 0 Å². The molecule has 4 aliphatic heterocycles. The number of ether oxygens (including phenoxy) is 12. The van der Waals surface area contributed by atoms with Crippen LogP contribution in [0.1, 0.15) is 87.3 Å².